The molecule has 0 aliphatic heterocycles. The number of hydrogen-bond acceptors (Lipinski definition) is 4. The fourth-order valence-electron chi connectivity index (χ4n) is 0.855. The van der Waals surface area contributed by atoms with E-state index in [1.165, 1.54) is 0 Å². The molecule has 0 aromatic heterocycles. The molecular weight excluding hydrogens is 341 g/mol. The van der Waals surface area contributed by atoms with Crippen molar-refractivity contribution in [3.05, 3.63) is 27.7 Å². The number of ether oxygens (including phenoxy) is 1. The second-order valence-electron chi connectivity index (χ2n) is 3.14. The van der Waals surface area contributed by atoms with Gasteiger partial charge < -0.3 is 20.3 Å². The quantitative estimate of drug-likeness (QED) is 0.564. The van der Waals surface area contributed by atoms with Crippen LogP contribution in [0.3, 0.4) is 0 Å². The Kier molecular flexibility index (Phi) is 8.94. The molecule has 0 aliphatic rings. The average Bonchev–Trinajstić information content (AvgIpc) is 2.33. The number of benzene rings is 1. The summed E-state index contributed by atoms with van der Waals surface area (Å²) in [6.07, 6.45) is 0. The molecule has 0 aliphatic carbocycles. The van der Waals surface area contributed by atoms with Gasteiger partial charge in [-0.3, -0.25) is 0 Å². The molecule has 106 valence electrons. The average molecular weight is 355 g/mol. The molecule has 0 bridgehead atoms. The highest BCUT2D eigenvalue weighted by molar-refractivity contribution is 9.10. The van der Waals surface area contributed by atoms with Gasteiger partial charge in [0, 0.05) is 11.0 Å². The van der Waals surface area contributed by atoms with Crippen molar-refractivity contribution in [3.63, 3.8) is 0 Å². The third-order valence-electron chi connectivity index (χ3n) is 1.69. The molecule has 0 radical (unpaired) electrons. The Bertz CT molecular complexity index is 429. The van der Waals surface area contributed by atoms with Gasteiger partial charge in [-0.15, -0.1) is 0 Å². The highest BCUT2D eigenvalue weighted by atomic mass is 79.9. The summed E-state index contributed by atoms with van der Waals surface area (Å²) in [5.74, 6) is -2.93. The lowest BCUT2D eigenvalue weighted by Crippen LogP contribution is -2.15. The lowest BCUT2D eigenvalue weighted by molar-refractivity contribution is -0.159. The molecule has 1 aromatic carbocycles. The van der Waals surface area contributed by atoms with E-state index in [0.29, 0.717) is 11.6 Å². The SMILES string of the molecule is CNCCOc1ccc(Br)cc1Cl.O=C(O)C(=O)O. The highest BCUT2D eigenvalue weighted by Gasteiger charge is 2.04. The molecule has 6 nitrogen and oxygen atoms in total. The Labute approximate surface area is 123 Å². The lowest BCUT2D eigenvalue weighted by Gasteiger charge is -2.07. The van der Waals surface area contributed by atoms with Gasteiger partial charge in [0.15, 0.2) is 0 Å². The second-order valence-corrected chi connectivity index (χ2v) is 4.46. The van der Waals surface area contributed by atoms with Gasteiger partial charge in [-0.05, 0) is 25.2 Å². The monoisotopic (exact) mass is 353 g/mol. The van der Waals surface area contributed by atoms with Crippen LogP contribution in [0.2, 0.25) is 5.02 Å². The number of halogens is 2. The number of nitrogens with one attached hydrogen (secondary N) is 1. The van der Waals surface area contributed by atoms with E-state index in [1.54, 1.807) is 0 Å². The van der Waals surface area contributed by atoms with Gasteiger partial charge in [0.1, 0.15) is 12.4 Å². The van der Waals surface area contributed by atoms with Crippen molar-refractivity contribution < 1.29 is 24.5 Å². The van der Waals surface area contributed by atoms with Crippen LogP contribution in [0.1, 0.15) is 0 Å². The largest absolute Gasteiger partial charge is 0.491 e. The van der Waals surface area contributed by atoms with E-state index in [9.17, 15) is 0 Å². The van der Waals surface area contributed by atoms with Gasteiger partial charge in [0.2, 0.25) is 0 Å². The van der Waals surface area contributed by atoms with Crippen molar-refractivity contribution in [2.75, 3.05) is 20.2 Å². The van der Waals surface area contributed by atoms with E-state index >= 15 is 0 Å². The molecule has 0 saturated heterocycles. The summed E-state index contributed by atoms with van der Waals surface area (Å²) in [6, 6.07) is 5.57. The Morgan fingerprint density at radius 3 is 2.37 bits per heavy atom. The van der Waals surface area contributed by atoms with Crippen LogP contribution >= 0.6 is 27.5 Å². The molecule has 1 aromatic rings. The summed E-state index contributed by atoms with van der Waals surface area (Å²) in [5, 5.41) is 18.4. The van der Waals surface area contributed by atoms with Crippen LogP contribution in [0.4, 0.5) is 0 Å². The number of rotatable bonds is 4. The molecule has 1 rings (SSSR count). The number of carbonyl (C=O) groups is 2. The minimum atomic E-state index is -1.82. The van der Waals surface area contributed by atoms with E-state index < -0.39 is 11.9 Å². The minimum absolute atomic E-state index is 0.623. The van der Waals surface area contributed by atoms with Crippen molar-refractivity contribution in [3.8, 4) is 5.75 Å². The van der Waals surface area contributed by atoms with Crippen molar-refractivity contribution >= 4 is 39.5 Å². The number of hydrogen-bond donors (Lipinski definition) is 3. The summed E-state index contributed by atoms with van der Waals surface area (Å²) in [6.45, 7) is 1.43. The summed E-state index contributed by atoms with van der Waals surface area (Å²) in [7, 11) is 1.88. The van der Waals surface area contributed by atoms with E-state index in [4.69, 9.17) is 36.1 Å². The maximum absolute atomic E-state index is 9.10. The number of carboxylic acid groups (broad SMARTS) is 2. The first-order chi connectivity index (χ1) is 8.88. The summed E-state index contributed by atoms with van der Waals surface area (Å²) >= 11 is 9.26. The normalized spacial score (nSPS) is 9.21. The zero-order valence-electron chi connectivity index (χ0n) is 10.0. The maximum atomic E-state index is 9.10. The molecule has 19 heavy (non-hydrogen) atoms. The van der Waals surface area contributed by atoms with E-state index in [0.717, 1.165) is 16.8 Å². The van der Waals surface area contributed by atoms with Crippen molar-refractivity contribution in [2.45, 2.75) is 0 Å². The Hall–Kier alpha value is -1.31. The fraction of sp³-hybridized carbons (Fsp3) is 0.273. The molecule has 0 amide bonds. The molecule has 0 fully saturated rings. The van der Waals surface area contributed by atoms with E-state index in [-0.39, 0.29) is 0 Å². The van der Waals surface area contributed by atoms with Crippen LogP contribution in [0.15, 0.2) is 22.7 Å². The van der Waals surface area contributed by atoms with Crippen LogP contribution in [0, 0.1) is 0 Å². The first kappa shape index (κ1) is 17.7. The van der Waals surface area contributed by atoms with E-state index in [1.807, 2.05) is 25.2 Å². The molecular formula is C11H13BrClNO5. The Balaban J connectivity index is 0.000000459. The van der Waals surface area contributed by atoms with Gasteiger partial charge in [0.05, 0.1) is 5.02 Å². The maximum Gasteiger partial charge on any atom is 0.414 e. The van der Waals surface area contributed by atoms with Crippen molar-refractivity contribution in [1.82, 2.24) is 5.32 Å². The molecule has 0 spiro atoms. The molecule has 8 heteroatoms. The van der Waals surface area contributed by atoms with Gasteiger partial charge in [-0.1, -0.05) is 27.5 Å². The summed E-state index contributed by atoms with van der Waals surface area (Å²) in [5.41, 5.74) is 0. The van der Waals surface area contributed by atoms with Gasteiger partial charge in [-0.25, -0.2) is 9.59 Å². The van der Waals surface area contributed by atoms with Crippen molar-refractivity contribution in [2.24, 2.45) is 0 Å². The highest BCUT2D eigenvalue weighted by Crippen LogP contribution is 2.27. The molecule has 3 N–H and O–H groups in total. The number of aliphatic carboxylic acids is 2. The topological polar surface area (TPSA) is 95.9 Å². The minimum Gasteiger partial charge on any atom is -0.491 e. The van der Waals surface area contributed by atoms with Gasteiger partial charge >= 0.3 is 11.9 Å². The molecule has 0 atom stereocenters. The Morgan fingerprint density at radius 1 is 1.37 bits per heavy atom. The fourth-order valence-corrected chi connectivity index (χ4v) is 1.58. The lowest BCUT2D eigenvalue weighted by atomic mass is 10.3. The third kappa shape index (κ3) is 8.41. The van der Waals surface area contributed by atoms with Crippen LogP contribution in [-0.4, -0.2) is 42.4 Å². The van der Waals surface area contributed by atoms with Gasteiger partial charge in [0.25, 0.3) is 0 Å². The Morgan fingerprint density at radius 2 is 1.95 bits per heavy atom. The number of likely N-dealkylation sites (N-methyl/N-ethyl adjacent to an activating group) is 1. The van der Waals surface area contributed by atoms with Crippen LogP contribution in [0.25, 0.3) is 0 Å². The second kappa shape index (κ2) is 9.60. The van der Waals surface area contributed by atoms with Crippen LogP contribution < -0.4 is 10.1 Å². The zero-order chi connectivity index (χ0) is 14.8. The van der Waals surface area contributed by atoms with E-state index in [2.05, 4.69) is 21.2 Å². The predicted octanol–water partition coefficient (Wildman–Crippen LogP) is 1.86. The number of carboxylic acids is 2. The molecule has 0 unspecified atom stereocenters. The molecule has 0 heterocycles. The van der Waals surface area contributed by atoms with Crippen LogP contribution in [-0.2, 0) is 9.59 Å². The summed E-state index contributed by atoms with van der Waals surface area (Å²) in [4.78, 5) is 18.2. The molecule has 0 saturated carbocycles. The first-order valence-electron chi connectivity index (χ1n) is 5.07. The standard InChI is InChI=1S/C9H11BrClNO.C2H2O4/c1-12-4-5-13-9-3-2-7(10)6-8(9)11;3-1(4)2(5)6/h2-3,6,12H,4-5H2,1H3;(H,3,4)(H,5,6). The predicted molar refractivity (Wildman–Crippen MR) is 73.8 cm³/mol. The smallest absolute Gasteiger partial charge is 0.414 e. The van der Waals surface area contributed by atoms with Gasteiger partial charge in [-0.2, -0.15) is 0 Å². The zero-order valence-corrected chi connectivity index (χ0v) is 12.4. The van der Waals surface area contributed by atoms with Crippen molar-refractivity contribution in [1.29, 1.82) is 0 Å². The summed E-state index contributed by atoms with van der Waals surface area (Å²) < 4.78 is 6.37. The first-order valence-corrected chi connectivity index (χ1v) is 6.24. The van der Waals surface area contributed by atoms with Crippen LogP contribution in [0.5, 0.6) is 5.75 Å². The third-order valence-corrected chi connectivity index (χ3v) is 2.48.